The topological polar surface area (TPSA) is 46.9 Å². The van der Waals surface area contributed by atoms with E-state index in [0.29, 0.717) is 11.0 Å². The smallest absolute Gasteiger partial charge is 0.267 e. The van der Waals surface area contributed by atoms with Crippen LogP contribution in [0.3, 0.4) is 0 Å². The molecule has 4 nitrogen and oxygen atoms in total. The number of aryl methyl sites for hydroxylation is 1. The third kappa shape index (κ3) is 4.45. The Morgan fingerprint density at radius 2 is 2.19 bits per heavy atom. The summed E-state index contributed by atoms with van der Waals surface area (Å²) in [6.45, 7) is 7.95. The van der Waals surface area contributed by atoms with Gasteiger partial charge in [-0.25, -0.2) is 4.98 Å². The predicted molar refractivity (Wildman–Crippen MR) is 68.6 cm³/mol. The first-order valence-corrected chi connectivity index (χ1v) is 6.14. The minimum Gasteiger partial charge on any atom is -0.312 e. The van der Waals surface area contributed by atoms with Gasteiger partial charge in [-0.05, 0) is 49.7 Å². The lowest BCUT2D eigenvalue weighted by Gasteiger charge is -2.20. The van der Waals surface area contributed by atoms with Crippen molar-refractivity contribution >= 4 is 15.9 Å². The first-order chi connectivity index (χ1) is 7.40. The Bertz CT molecular complexity index is 395. The molecule has 0 aromatic carbocycles. The highest BCUT2D eigenvalue weighted by Gasteiger charge is 2.07. The summed E-state index contributed by atoms with van der Waals surface area (Å²) in [6.07, 6.45) is 4.01. The van der Waals surface area contributed by atoms with E-state index in [1.54, 1.807) is 10.9 Å². The Morgan fingerprint density at radius 3 is 2.81 bits per heavy atom. The molecule has 0 spiro atoms. The van der Waals surface area contributed by atoms with Crippen LogP contribution in [0.25, 0.3) is 0 Å². The highest BCUT2D eigenvalue weighted by atomic mass is 79.9. The van der Waals surface area contributed by atoms with Gasteiger partial charge in [-0.1, -0.05) is 0 Å². The van der Waals surface area contributed by atoms with Gasteiger partial charge in [-0.15, -0.1) is 0 Å². The second kappa shape index (κ2) is 5.59. The van der Waals surface area contributed by atoms with Crippen LogP contribution in [0.1, 0.15) is 27.2 Å². The molecule has 0 unspecified atom stereocenters. The summed E-state index contributed by atoms with van der Waals surface area (Å²) in [5, 5.41) is 3.38. The van der Waals surface area contributed by atoms with Gasteiger partial charge < -0.3 is 5.32 Å². The SMILES string of the molecule is CC(C)(C)NCCCn1cncc(Br)c1=O. The standard InChI is InChI=1S/C11H18BrN3O/c1-11(2,3)14-5-4-6-15-8-13-7-9(12)10(15)16/h7-8,14H,4-6H2,1-3H3. The molecule has 0 saturated carbocycles. The van der Waals surface area contributed by atoms with Gasteiger partial charge in [-0.2, -0.15) is 0 Å². The van der Waals surface area contributed by atoms with E-state index in [4.69, 9.17) is 0 Å². The summed E-state index contributed by atoms with van der Waals surface area (Å²) >= 11 is 3.18. The molecule has 0 aliphatic rings. The third-order valence-corrected chi connectivity index (χ3v) is 2.63. The van der Waals surface area contributed by atoms with Crippen LogP contribution < -0.4 is 10.9 Å². The largest absolute Gasteiger partial charge is 0.312 e. The highest BCUT2D eigenvalue weighted by molar-refractivity contribution is 9.10. The molecule has 0 radical (unpaired) electrons. The average Bonchev–Trinajstić information content (AvgIpc) is 2.17. The summed E-state index contributed by atoms with van der Waals surface area (Å²) in [5.74, 6) is 0. The first kappa shape index (κ1) is 13.4. The van der Waals surface area contributed by atoms with Crippen LogP contribution in [0.2, 0.25) is 0 Å². The van der Waals surface area contributed by atoms with Gasteiger partial charge in [0.1, 0.15) is 4.47 Å². The number of rotatable bonds is 4. The van der Waals surface area contributed by atoms with E-state index in [9.17, 15) is 4.79 Å². The molecule has 0 aliphatic heterocycles. The van der Waals surface area contributed by atoms with Gasteiger partial charge in [0, 0.05) is 18.3 Å². The second-order valence-corrected chi connectivity index (χ2v) is 5.62. The lowest BCUT2D eigenvalue weighted by molar-refractivity contribution is 0.412. The van der Waals surface area contributed by atoms with Crippen LogP contribution >= 0.6 is 15.9 Å². The molecule has 90 valence electrons. The molecule has 0 amide bonds. The minimum absolute atomic E-state index is 0.0224. The molecule has 1 N–H and O–H groups in total. The fourth-order valence-corrected chi connectivity index (χ4v) is 1.64. The number of nitrogens with one attached hydrogen (secondary N) is 1. The quantitative estimate of drug-likeness (QED) is 0.859. The molecule has 0 fully saturated rings. The van der Waals surface area contributed by atoms with Crippen molar-refractivity contribution < 1.29 is 0 Å². The lowest BCUT2D eigenvalue weighted by atomic mass is 10.1. The van der Waals surface area contributed by atoms with Crippen molar-refractivity contribution in [3.8, 4) is 0 Å². The monoisotopic (exact) mass is 287 g/mol. The van der Waals surface area contributed by atoms with Crippen LogP contribution in [0.5, 0.6) is 0 Å². The molecule has 1 aromatic heterocycles. The summed E-state index contributed by atoms with van der Waals surface area (Å²) in [7, 11) is 0. The van der Waals surface area contributed by atoms with Crippen LogP contribution in [-0.2, 0) is 6.54 Å². The molecule has 16 heavy (non-hydrogen) atoms. The number of hydrogen-bond donors (Lipinski definition) is 1. The van der Waals surface area contributed by atoms with Gasteiger partial charge in [-0.3, -0.25) is 9.36 Å². The van der Waals surface area contributed by atoms with E-state index in [0.717, 1.165) is 13.0 Å². The van der Waals surface area contributed by atoms with Crippen molar-refractivity contribution in [2.75, 3.05) is 6.54 Å². The van der Waals surface area contributed by atoms with Gasteiger partial charge in [0.2, 0.25) is 0 Å². The van der Waals surface area contributed by atoms with E-state index in [-0.39, 0.29) is 11.1 Å². The zero-order valence-corrected chi connectivity index (χ0v) is 11.5. The van der Waals surface area contributed by atoms with Gasteiger partial charge >= 0.3 is 0 Å². The van der Waals surface area contributed by atoms with Crippen molar-refractivity contribution in [2.24, 2.45) is 0 Å². The lowest BCUT2D eigenvalue weighted by Crippen LogP contribution is -2.37. The first-order valence-electron chi connectivity index (χ1n) is 5.35. The minimum atomic E-state index is -0.0224. The predicted octanol–water partition coefficient (Wildman–Crippen LogP) is 1.78. The van der Waals surface area contributed by atoms with Crippen LogP contribution in [0.15, 0.2) is 21.8 Å². The number of nitrogens with zero attached hydrogens (tertiary/aromatic N) is 2. The van der Waals surface area contributed by atoms with Crippen molar-refractivity contribution in [3.63, 3.8) is 0 Å². The molecule has 0 aliphatic carbocycles. The van der Waals surface area contributed by atoms with E-state index in [1.807, 2.05) is 0 Å². The van der Waals surface area contributed by atoms with E-state index < -0.39 is 0 Å². The number of halogens is 1. The fourth-order valence-electron chi connectivity index (χ4n) is 1.30. The Morgan fingerprint density at radius 1 is 1.50 bits per heavy atom. The molecular formula is C11H18BrN3O. The maximum Gasteiger partial charge on any atom is 0.267 e. The Kier molecular flexibility index (Phi) is 4.68. The number of hydrogen-bond acceptors (Lipinski definition) is 3. The van der Waals surface area contributed by atoms with E-state index in [2.05, 4.69) is 47.0 Å². The Hall–Kier alpha value is -0.680. The molecule has 0 saturated heterocycles. The van der Waals surface area contributed by atoms with Crippen LogP contribution in [-0.4, -0.2) is 21.6 Å². The maximum atomic E-state index is 11.6. The molecule has 0 atom stereocenters. The summed E-state index contributed by atoms with van der Waals surface area (Å²) in [4.78, 5) is 15.6. The zero-order chi connectivity index (χ0) is 12.2. The Balaban J connectivity index is 2.44. The summed E-state index contributed by atoms with van der Waals surface area (Å²) < 4.78 is 2.13. The third-order valence-electron chi connectivity index (χ3n) is 2.09. The average molecular weight is 288 g/mol. The summed E-state index contributed by atoms with van der Waals surface area (Å²) in [6, 6.07) is 0. The van der Waals surface area contributed by atoms with Gasteiger partial charge in [0.15, 0.2) is 0 Å². The molecular weight excluding hydrogens is 270 g/mol. The zero-order valence-electron chi connectivity index (χ0n) is 9.96. The molecule has 0 bridgehead atoms. The second-order valence-electron chi connectivity index (χ2n) is 4.77. The van der Waals surface area contributed by atoms with Crippen LogP contribution in [0, 0.1) is 0 Å². The van der Waals surface area contributed by atoms with Crippen molar-refractivity contribution in [1.29, 1.82) is 0 Å². The maximum absolute atomic E-state index is 11.6. The Labute approximate surface area is 104 Å². The van der Waals surface area contributed by atoms with E-state index in [1.165, 1.54) is 6.20 Å². The normalized spacial score (nSPS) is 11.8. The van der Waals surface area contributed by atoms with Gasteiger partial charge in [0.05, 0.1) is 6.33 Å². The van der Waals surface area contributed by atoms with Crippen molar-refractivity contribution in [3.05, 3.63) is 27.4 Å². The molecule has 1 heterocycles. The summed E-state index contributed by atoms with van der Waals surface area (Å²) in [5.41, 5.74) is 0.103. The van der Waals surface area contributed by atoms with E-state index >= 15 is 0 Å². The highest BCUT2D eigenvalue weighted by Crippen LogP contribution is 2.00. The van der Waals surface area contributed by atoms with Gasteiger partial charge in [0.25, 0.3) is 5.56 Å². The fraction of sp³-hybridized carbons (Fsp3) is 0.636. The van der Waals surface area contributed by atoms with Crippen molar-refractivity contribution in [2.45, 2.75) is 39.3 Å². The molecule has 5 heteroatoms. The van der Waals surface area contributed by atoms with Crippen molar-refractivity contribution in [1.82, 2.24) is 14.9 Å². The molecule has 1 aromatic rings. The number of aromatic nitrogens is 2. The molecule has 1 rings (SSSR count). The van der Waals surface area contributed by atoms with Crippen LogP contribution in [0.4, 0.5) is 0 Å².